The summed E-state index contributed by atoms with van der Waals surface area (Å²) in [6.07, 6.45) is 2.16. The first kappa shape index (κ1) is 16.8. The molecule has 4 aromatic rings. The Labute approximate surface area is 156 Å². The van der Waals surface area contributed by atoms with Crippen LogP contribution >= 0.6 is 0 Å². The van der Waals surface area contributed by atoms with Gasteiger partial charge in [0.05, 0.1) is 12.1 Å². The molecule has 4 rings (SSSR count). The first-order valence-electron chi connectivity index (χ1n) is 8.65. The number of carbonyl (C=O) groups excluding carboxylic acids is 1. The van der Waals surface area contributed by atoms with Gasteiger partial charge in [0.1, 0.15) is 5.82 Å². The fourth-order valence-corrected chi connectivity index (χ4v) is 3.01. The van der Waals surface area contributed by atoms with E-state index in [0.717, 1.165) is 22.2 Å². The normalized spacial score (nSPS) is 10.7. The van der Waals surface area contributed by atoms with Gasteiger partial charge in [0, 0.05) is 28.5 Å². The van der Waals surface area contributed by atoms with E-state index in [2.05, 4.69) is 15.6 Å². The summed E-state index contributed by atoms with van der Waals surface area (Å²) < 4.78 is 13.7. The van der Waals surface area contributed by atoms with E-state index in [1.807, 2.05) is 30.5 Å². The SMILES string of the molecule is O=C(Cc1c[nH]c2ccccc12)Nc1ccc(Nc2ccccc2F)cc1. The molecule has 27 heavy (non-hydrogen) atoms. The third-order valence-electron chi connectivity index (χ3n) is 4.35. The van der Waals surface area contributed by atoms with E-state index in [1.165, 1.54) is 6.07 Å². The number of halogens is 1. The molecule has 0 fully saturated rings. The van der Waals surface area contributed by atoms with Gasteiger partial charge in [-0.2, -0.15) is 0 Å². The summed E-state index contributed by atoms with van der Waals surface area (Å²) in [7, 11) is 0. The van der Waals surface area contributed by atoms with Crippen molar-refractivity contribution in [2.24, 2.45) is 0 Å². The molecule has 0 aliphatic heterocycles. The predicted octanol–water partition coefficient (Wildman–Crippen LogP) is 5.23. The molecule has 1 heterocycles. The van der Waals surface area contributed by atoms with E-state index in [4.69, 9.17) is 0 Å². The Morgan fingerprint density at radius 3 is 2.41 bits per heavy atom. The molecule has 1 amide bonds. The van der Waals surface area contributed by atoms with Gasteiger partial charge in [-0.25, -0.2) is 4.39 Å². The Hall–Kier alpha value is -3.60. The Morgan fingerprint density at radius 2 is 1.59 bits per heavy atom. The molecule has 1 aromatic heterocycles. The van der Waals surface area contributed by atoms with Crippen LogP contribution in [0.4, 0.5) is 21.5 Å². The van der Waals surface area contributed by atoms with Gasteiger partial charge in [-0.15, -0.1) is 0 Å². The highest BCUT2D eigenvalue weighted by Gasteiger charge is 2.09. The Balaban J connectivity index is 1.41. The molecule has 0 aliphatic carbocycles. The van der Waals surface area contributed by atoms with Crippen molar-refractivity contribution in [1.82, 2.24) is 4.98 Å². The van der Waals surface area contributed by atoms with Crippen molar-refractivity contribution in [3.63, 3.8) is 0 Å². The second kappa shape index (κ2) is 7.33. The first-order valence-corrected chi connectivity index (χ1v) is 8.65. The topological polar surface area (TPSA) is 56.9 Å². The zero-order chi connectivity index (χ0) is 18.6. The van der Waals surface area contributed by atoms with Crippen molar-refractivity contribution in [3.05, 3.63) is 90.4 Å². The van der Waals surface area contributed by atoms with Crippen molar-refractivity contribution in [1.29, 1.82) is 0 Å². The summed E-state index contributed by atoms with van der Waals surface area (Å²) in [5.41, 5.74) is 3.83. The fourth-order valence-electron chi connectivity index (χ4n) is 3.01. The second-order valence-corrected chi connectivity index (χ2v) is 6.27. The number of hydrogen-bond acceptors (Lipinski definition) is 2. The lowest BCUT2D eigenvalue weighted by Crippen LogP contribution is -2.14. The van der Waals surface area contributed by atoms with Gasteiger partial charge >= 0.3 is 0 Å². The van der Waals surface area contributed by atoms with E-state index in [1.54, 1.807) is 42.5 Å². The first-order chi connectivity index (χ1) is 13.2. The van der Waals surface area contributed by atoms with Crippen LogP contribution in [0, 0.1) is 5.82 Å². The maximum absolute atomic E-state index is 13.7. The molecular weight excluding hydrogens is 341 g/mol. The number of para-hydroxylation sites is 2. The lowest BCUT2D eigenvalue weighted by Gasteiger charge is -2.09. The zero-order valence-corrected chi connectivity index (χ0v) is 14.5. The van der Waals surface area contributed by atoms with Gasteiger partial charge in [-0.1, -0.05) is 30.3 Å². The van der Waals surface area contributed by atoms with E-state index >= 15 is 0 Å². The molecule has 0 bridgehead atoms. The minimum absolute atomic E-state index is 0.0884. The van der Waals surface area contributed by atoms with E-state index < -0.39 is 0 Å². The highest BCUT2D eigenvalue weighted by molar-refractivity contribution is 5.95. The number of aromatic amines is 1. The van der Waals surface area contributed by atoms with Crippen LogP contribution < -0.4 is 10.6 Å². The van der Waals surface area contributed by atoms with Crippen LogP contribution in [0.3, 0.4) is 0 Å². The van der Waals surface area contributed by atoms with Gasteiger partial charge < -0.3 is 15.6 Å². The highest BCUT2D eigenvalue weighted by atomic mass is 19.1. The number of nitrogens with one attached hydrogen (secondary N) is 3. The summed E-state index contributed by atoms with van der Waals surface area (Å²) in [5.74, 6) is -0.400. The fraction of sp³-hybridized carbons (Fsp3) is 0.0455. The van der Waals surface area contributed by atoms with Crippen molar-refractivity contribution in [2.45, 2.75) is 6.42 Å². The third-order valence-corrected chi connectivity index (χ3v) is 4.35. The van der Waals surface area contributed by atoms with Gasteiger partial charge in [0.15, 0.2) is 0 Å². The number of rotatable bonds is 5. The standard InChI is InChI=1S/C22H18FN3O/c23-19-6-2-4-8-21(19)25-16-9-11-17(12-10-16)26-22(27)13-15-14-24-20-7-3-1-5-18(15)20/h1-12,14,24-25H,13H2,(H,26,27). The monoisotopic (exact) mass is 359 g/mol. The smallest absolute Gasteiger partial charge is 0.228 e. The molecule has 0 radical (unpaired) electrons. The molecule has 0 spiro atoms. The van der Waals surface area contributed by atoms with E-state index in [9.17, 15) is 9.18 Å². The molecule has 4 nitrogen and oxygen atoms in total. The highest BCUT2D eigenvalue weighted by Crippen LogP contribution is 2.22. The summed E-state index contributed by atoms with van der Waals surface area (Å²) in [4.78, 5) is 15.5. The molecule has 0 saturated carbocycles. The molecule has 134 valence electrons. The molecule has 3 aromatic carbocycles. The number of hydrogen-bond donors (Lipinski definition) is 3. The third kappa shape index (κ3) is 3.82. The minimum Gasteiger partial charge on any atom is -0.361 e. The average Bonchev–Trinajstić information content (AvgIpc) is 3.08. The lowest BCUT2D eigenvalue weighted by atomic mass is 10.1. The molecular formula is C22H18FN3O. The van der Waals surface area contributed by atoms with Crippen LogP contribution in [0.15, 0.2) is 79.0 Å². The van der Waals surface area contributed by atoms with Crippen LogP contribution in [-0.4, -0.2) is 10.9 Å². The van der Waals surface area contributed by atoms with Gasteiger partial charge in [0.25, 0.3) is 0 Å². The van der Waals surface area contributed by atoms with Crippen molar-refractivity contribution < 1.29 is 9.18 Å². The van der Waals surface area contributed by atoms with Crippen LogP contribution in [0.2, 0.25) is 0 Å². The molecule has 0 aliphatic rings. The quantitative estimate of drug-likeness (QED) is 0.457. The minimum atomic E-state index is -0.311. The summed E-state index contributed by atoms with van der Waals surface area (Å²) in [6, 6.07) is 21.6. The number of amides is 1. The number of carbonyl (C=O) groups is 1. The molecule has 3 N–H and O–H groups in total. The lowest BCUT2D eigenvalue weighted by molar-refractivity contribution is -0.115. The van der Waals surface area contributed by atoms with Crippen LogP contribution in [0.1, 0.15) is 5.56 Å². The maximum atomic E-state index is 13.7. The van der Waals surface area contributed by atoms with Crippen LogP contribution in [-0.2, 0) is 11.2 Å². The summed E-state index contributed by atoms with van der Waals surface area (Å²) in [5, 5.41) is 6.96. The second-order valence-electron chi connectivity index (χ2n) is 6.27. The summed E-state index contributed by atoms with van der Waals surface area (Å²) in [6.45, 7) is 0. The molecule has 0 unspecified atom stereocenters. The molecule has 0 saturated heterocycles. The van der Waals surface area contributed by atoms with Gasteiger partial charge in [0.2, 0.25) is 5.91 Å². The Kier molecular flexibility index (Phi) is 4.58. The zero-order valence-electron chi connectivity index (χ0n) is 14.5. The van der Waals surface area contributed by atoms with Crippen molar-refractivity contribution in [2.75, 3.05) is 10.6 Å². The number of anilines is 3. The predicted molar refractivity (Wildman–Crippen MR) is 107 cm³/mol. The molecule has 0 atom stereocenters. The number of aromatic nitrogens is 1. The van der Waals surface area contributed by atoms with E-state index in [-0.39, 0.29) is 11.7 Å². The number of fused-ring (bicyclic) bond motifs is 1. The van der Waals surface area contributed by atoms with Crippen LogP contribution in [0.25, 0.3) is 10.9 Å². The van der Waals surface area contributed by atoms with Crippen molar-refractivity contribution in [3.8, 4) is 0 Å². The number of benzene rings is 3. The largest absolute Gasteiger partial charge is 0.361 e. The van der Waals surface area contributed by atoms with E-state index in [0.29, 0.717) is 17.8 Å². The van der Waals surface area contributed by atoms with Gasteiger partial charge in [-0.3, -0.25) is 4.79 Å². The Morgan fingerprint density at radius 1 is 0.889 bits per heavy atom. The Bertz CT molecular complexity index is 1090. The number of H-pyrrole nitrogens is 1. The summed E-state index contributed by atoms with van der Waals surface area (Å²) >= 11 is 0. The average molecular weight is 359 g/mol. The van der Waals surface area contributed by atoms with Gasteiger partial charge in [-0.05, 0) is 48.0 Å². The molecule has 5 heteroatoms. The maximum Gasteiger partial charge on any atom is 0.228 e. The van der Waals surface area contributed by atoms with Crippen LogP contribution in [0.5, 0.6) is 0 Å². The van der Waals surface area contributed by atoms with Crippen molar-refractivity contribution >= 4 is 33.9 Å².